The Hall–Kier alpha value is -1.98. The van der Waals surface area contributed by atoms with Crippen molar-refractivity contribution in [2.45, 2.75) is 19.3 Å². The number of benzene rings is 1. The normalized spacial score (nSPS) is 22.2. The number of anilines is 1. The first-order valence-corrected chi connectivity index (χ1v) is 5.98. The largest absolute Gasteiger partial charge is 0.481 e. The first-order chi connectivity index (χ1) is 8.99. The van der Waals surface area contributed by atoms with E-state index in [1.165, 1.54) is 0 Å². The number of carboxylic acid groups (broad SMARTS) is 1. The minimum absolute atomic E-state index is 0.137. The monoisotopic (exact) mass is 269 g/mol. The highest BCUT2D eigenvalue weighted by Crippen LogP contribution is 2.33. The van der Waals surface area contributed by atoms with Crippen LogP contribution in [0.15, 0.2) is 18.2 Å². The second-order valence-electron chi connectivity index (χ2n) is 4.60. The van der Waals surface area contributed by atoms with Crippen LogP contribution in [-0.2, 0) is 9.59 Å². The van der Waals surface area contributed by atoms with E-state index in [4.69, 9.17) is 5.11 Å². The smallest absolute Gasteiger partial charge is 0.307 e. The molecule has 0 radical (unpaired) electrons. The van der Waals surface area contributed by atoms with Crippen LogP contribution in [0.3, 0.4) is 0 Å². The van der Waals surface area contributed by atoms with Gasteiger partial charge >= 0.3 is 5.97 Å². The Kier molecular flexibility index (Phi) is 3.78. The lowest BCUT2D eigenvalue weighted by molar-refractivity contribution is -0.145. The van der Waals surface area contributed by atoms with E-state index in [2.05, 4.69) is 5.32 Å². The molecule has 2 N–H and O–H groups in total. The van der Waals surface area contributed by atoms with E-state index in [0.717, 1.165) is 12.1 Å². The molecular formula is C13H13F2NO3. The van der Waals surface area contributed by atoms with E-state index < -0.39 is 35.3 Å². The molecule has 0 spiro atoms. The molecule has 1 aliphatic rings. The molecule has 102 valence electrons. The number of carbonyl (C=O) groups excluding carboxylic acids is 1. The number of carbonyl (C=O) groups is 2. The zero-order chi connectivity index (χ0) is 14.0. The van der Waals surface area contributed by atoms with Crippen molar-refractivity contribution in [3.05, 3.63) is 29.8 Å². The SMILES string of the molecule is O=C(O)[C@H]1CCC[C@H]1C(=O)Nc1ccc(F)cc1F. The van der Waals surface area contributed by atoms with E-state index in [0.29, 0.717) is 25.3 Å². The number of carboxylic acids is 1. The number of halogens is 2. The van der Waals surface area contributed by atoms with Crippen LogP contribution in [0.1, 0.15) is 19.3 Å². The van der Waals surface area contributed by atoms with Crippen LogP contribution in [-0.4, -0.2) is 17.0 Å². The molecule has 0 aliphatic heterocycles. The average Bonchev–Trinajstić information content (AvgIpc) is 2.82. The third-order valence-electron chi connectivity index (χ3n) is 3.36. The van der Waals surface area contributed by atoms with Crippen molar-refractivity contribution in [1.82, 2.24) is 0 Å². The van der Waals surface area contributed by atoms with Crippen LogP contribution in [0.25, 0.3) is 0 Å². The van der Waals surface area contributed by atoms with Crippen molar-refractivity contribution >= 4 is 17.6 Å². The number of hydrogen-bond donors (Lipinski definition) is 2. The van der Waals surface area contributed by atoms with Gasteiger partial charge in [0.15, 0.2) is 0 Å². The first kappa shape index (κ1) is 13.5. The zero-order valence-corrected chi connectivity index (χ0v) is 10.0. The van der Waals surface area contributed by atoms with E-state index in [1.807, 2.05) is 0 Å². The topological polar surface area (TPSA) is 66.4 Å². The van der Waals surface area contributed by atoms with E-state index in [9.17, 15) is 18.4 Å². The van der Waals surface area contributed by atoms with Crippen molar-refractivity contribution in [1.29, 1.82) is 0 Å². The summed E-state index contributed by atoms with van der Waals surface area (Å²) in [4.78, 5) is 22.9. The van der Waals surface area contributed by atoms with Crippen LogP contribution in [0.2, 0.25) is 0 Å². The summed E-state index contributed by atoms with van der Waals surface area (Å²) in [5.74, 6) is -4.56. The molecule has 0 bridgehead atoms. The molecule has 0 saturated heterocycles. The summed E-state index contributed by atoms with van der Waals surface area (Å²) in [6.45, 7) is 0. The van der Waals surface area contributed by atoms with Gasteiger partial charge in [-0.3, -0.25) is 9.59 Å². The molecule has 1 amide bonds. The number of aliphatic carboxylic acids is 1. The van der Waals surface area contributed by atoms with E-state index in [1.54, 1.807) is 0 Å². The van der Waals surface area contributed by atoms with Gasteiger partial charge in [0.2, 0.25) is 5.91 Å². The number of hydrogen-bond acceptors (Lipinski definition) is 2. The number of nitrogens with one attached hydrogen (secondary N) is 1. The van der Waals surface area contributed by atoms with Gasteiger partial charge in [0.1, 0.15) is 11.6 Å². The predicted molar refractivity (Wildman–Crippen MR) is 63.5 cm³/mol. The Morgan fingerprint density at radius 1 is 1.21 bits per heavy atom. The quantitative estimate of drug-likeness (QED) is 0.885. The predicted octanol–water partition coefficient (Wildman–Crippen LogP) is 2.40. The Balaban J connectivity index is 2.10. The lowest BCUT2D eigenvalue weighted by atomic mass is 9.95. The third-order valence-corrected chi connectivity index (χ3v) is 3.36. The molecule has 1 aliphatic carbocycles. The molecule has 0 heterocycles. The number of amides is 1. The fraction of sp³-hybridized carbons (Fsp3) is 0.385. The van der Waals surface area contributed by atoms with Crippen molar-refractivity contribution in [3.63, 3.8) is 0 Å². The van der Waals surface area contributed by atoms with Crippen molar-refractivity contribution in [3.8, 4) is 0 Å². The van der Waals surface area contributed by atoms with Gasteiger partial charge in [0, 0.05) is 6.07 Å². The summed E-state index contributed by atoms with van der Waals surface area (Å²) in [6.07, 6.45) is 1.56. The lowest BCUT2D eigenvalue weighted by Gasteiger charge is -2.15. The summed E-state index contributed by atoms with van der Waals surface area (Å²) in [6, 6.07) is 2.81. The third kappa shape index (κ3) is 2.89. The molecule has 2 rings (SSSR count). The lowest BCUT2D eigenvalue weighted by Crippen LogP contribution is -2.30. The van der Waals surface area contributed by atoms with Gasteiger partial charge < -0.3 is 10.4 Å². The Morgan fingerprint density at radius 3 is 2.53 bits per heavy atom. The molecule has 2 atom stereocenters. The van der Waals surface area contributed by atoms with Gasteiger partial charge in [-0.2, -0.15) is 0 Å². The molecule has 0 unspecified atom stereocenters. The molecule has 1 saturated carbocycles. The standard InChI is InChI=1S/C13H13F2NO3/c14-7-4-5-11(10(15)6-7)16-12(17)8-2-1-3-9(8)13(18)19/h4-6,8-9H,1-3H2,(H,16,17)(H,18,19)/t8-,9+/m1/s1. The van der Waals surface area contributed by atoms with Gasteiger partial charge in [-0.05, 0) is 25.0 Å². The van der Waals surface area contributed by atoms with E-state index >= 15 is 0 Å². The molecule has 4 nitrogen and oxygen atoms in total. The second kappa shape index (κ2) is 5.34. The second-order valence-corrected chi connectivity index (χ2v) is 4.60. The molecular weight excluding hydrogens is 256 g/mol. The van der Waals surface area contributed by atoms with Crippen LogP contribution in [0.4, 0.5) is 14.5 Å². The molecule has 0 aromatic heterocycles. The van der Waals surface area contributed by atoms with Gasteiger partial charge in [0.25, 0.3) is 0 Å². The summed E-state index contributed by atoms with van der Waals surface area (Å²) >= 11 is 0. The Labute approximate surface area is 108 Å². The van der Waals surface area contributed by atoms with Crippen molar-refractivity contribution < 1.29 is 23.5 Å². The molecule has 1 aromatic carbocycles. The maximum atomic E-state index is 13.4. The fourth-order valence-corrected chi connectivity index (χ4v) is 2.39. The summed E-state index contributed by atoms with van der Waals surface area (Å²) in [5.41, 5.74) is -0.137. The minimum atomic E-state index is -1.02. The van der Waals surface area contributed by atoms with Crippen LogP contribution < -0.4 is 5.32 Å². The van der Waals surface area contributed by atoms with Crippen LogP contribution in [0, 0.1) is 23.5 Å². The molecule has 6 heteroatoms. The highest BCUT2D eigenvalue weighted by Gasteiger charge is 2.37. The molecule has 1 aromatic rings. The van der Waals surface area contributed by atoms with Crippen LogP contribution in [0.5, 0.6) is 0 Å². The van der Waals surface area contributed by atoms with E-state index in [-0.39, 0.29) is 5.69 Å². The summed E-state index contributed by atoms with van der Waals surface area (Å²) in [5, 5.41) is 11.3. The number of rotatable bonds is 3. The summed E-state index contributed by atoms with van der Waals surface area (Å²) < 4.78 is 26.1. The van der Waals surface area contributed by atoms with Gasteiger partial charge in [-0.15, -0.1) is 0 Å². The minimum Gasteiger partial charge on any atom is -0.481 e. The van der Waals surface area contributed by atoms with Gasteiger partial charge in [0.05, 0.1) is 17.5 Å². The van der Waals surface area contributed by atoms with Gasteiger partial charge in [-0.1, -0.05) is 6.42 Å². The maximum absolute atomic E-state index is 13.4. The zero-order valence-electron chi connectivity index (χ0n) is 10.0. The van der Waals surface area contributed by atoms with Crippen molar-refractivity contribution in [2.75, 3.05) is 5.32 Å². The first-order valence-electron chi connectivity index (χ1n) is 5.98. The highest BCUT2D eigenvalue weighted by atomic mass is 19.1. The molecule has 19 heavy (non-hydrogen) atoms. The van der Waals surface area contributed by atoms with Crippen LogP contribution >= 0.6 is 0 Å². The highest BCUT2D eigenvalue weighted by molar-refractivity contribution is 5.95. The van der Waals surface area contributed by atoms with Gasteiger partial charge in [-0.25, -0.2) is 8.78 Å². The Bertz CT molecular complexity index is 519. The average molecular weight is 269 g/mol. The fourth-order valence-electron chi connectivity index (χ4n) is 2.39. The van der Waals surface area contributed by atoms with Crippen molar-refractivity contribution in [2.24, 2.45) is 11.8 Å². The Morgan fingerprint density at radius 2 is 1.89 bits per heavy atom. The molecule has 1 fully saturated rings. The summed E-state index contributed by atoms with van der Waals surface area (Å²) in [7, 11) is 0. The maximum Gasteiger partial charge on any atom is 0.307 e.